The van der Waals surface area contributed by atoms with Crippen LogP contribution in [0.15, 0.2) is 41.2 Å². The minimum Gasteiger partial charge on any atom is -0.393 e. The van der Waals surface area contributed by atoms with E-state index in [0.29, 0.717) is 31.0 Å². The van der Waals surface area contributed by atoms with Gasteiger partial charge in [-0.25, -0.2) is 4.98 Å². The standard InChI is InChI=1S/C32H37N5O3S/c1-30-15-19-17-34-37(13-5-12-33)25(19)14-20(30)8-9-21-22-10-11-32(40,31(22,2)16-26(38)28(21)30)27(39)18-41-29-35-23-6-3-4-7-24(23)36-29/h3-4,6-7,14,17,21-22,26,28,38,40H,5,8-11,13,15-16,18H2,1-2H3,(H,35,36)/t21?,22?,26-,28?,30?,31?,32-/m0/s1. The van der Waals surface area contributed by atoms with E-state index >= 15 is 0 Å². The van der Waals surface area contributed by atoms with Crippen LogP contribution in [0.1, 0.15) is 63.6 Å². The van der Waals surface area contributed by atoms with Gasteiger partial charge in [-0.2, -0.15) is 10.4 Å². The smallest absolute Gasteiger partial charge is 0.175 e. The van der Waals surface area contributed by atoms with Crippen LogP contribution in [-0.2, 0) is 17.8 Å². The number of carbonyl (C=O) groups is 1. The Morgan fingerprint density at radius 3 is 2.93 bits per heavy atom. The lowest BCUT2D eigenvalue weighted by Gasteiger charge is -2.60. The van der Waals surface area contributed by atoms with Crippen molar-refractivity contribution in [2.24, 2.45) is 28.6 Å². The molecule has 5 unspecified atom stereocenters. The second-order valence-corrected chi connectivity index (χ2v) is 14.1. The van der Waals surface area contributed by atoms with Crippen LogP contribution in [0.2, 0.25) is 0 Å². The quantitative estimate of drug-likeness (QED) is 0.358. The number of aromatic nitrogens is 4. The lowest BCUT2D eigenvalue weighted by atomic mass is 9.45. The summed E-state index contributed by atoms with van der Waals surface area (Å²) in [4.78, 5) is 21.6. The molecule has 0 spiro atoms. The first kappa shape index (κ1) is 26.9. The molecule has 2 aromatic heterocycles. The molecule has 7 atom stereocenters. The third-order valence-electron chi connectivity index (χ3n) is 11.3. The number of H-pyrrole nitrogens is 1. The Labute approximate surface area is 244 Å². The Bertz CT molecular complexity index is 1570. The van der Waals surface area contributed by atoms with Crippen LogP contribution in [-0.4, -0.2) is 53.2 Å². The van der Waals surface area contributed by atoms with Crippen molar-refractivity contribution >= 4 is 34.7 Å². The van der Waals surface area contributed by atoms with Crippen molar-refractivity contribution in [1.82, 2.24) is 19.7 Å². The molecule has 1 aromatic carbocycles. The van der Waals surface area contributed by atoms with Crippen LogP contribution in [0.5, 0.6) is 0 Å². The zero-order chi connectivity index (χ0) is 28.6. The summed E-state index contributed by atoms with van der Waals surface area (Å²) in [6, 6.07) is 10.0. The van der Waals surface area contributed by atoms with Crippen molar-refractivity contribution in [3.05, 3.63) is 47.3 Å². The molecular formula is C32H37N5O3S. The average Bonchev–Trinajstić information content (AvgIpc) is 3.62. The second-order valence-electron chi connectivity index (χ2n) is 13.1. The van der Waals surface area contributed by atoms with Gasteiger partial charge in [-0.05, 0) is 85.5 Å². The summed E-state index contributed by atoms with van der Waals surface area (Å²) in [5.41, 5.74) is 3.11. The fraction of sp³-hybridized carbons (Fsp3) is 0.562. The van der Waals surface area contributed by atoms with Crippen molar-refractivity contribution in [3.8, 4) is 6.07 Å². The lowest BCUT2D eigenvalue weighted by Crippen LogP contribution is -2.62. The number of fused-ring (bicyclic) bond motifs is 7. The monoisotopic (exact) mass is 571 g/mol. The van der Waals surface area contributed by atoms with Gasteiger partial charge in [0.05, 0.1) is 53.8 Å². The van der Waals surface area contributed by atoms with E-state index in [1.807, 2.05) is 35.1 Å². The van der Waals surface area contributed by atoms with E-state index in [0.717, 1.165) is 42.4 Å². The van der Waals surface area contributed by atoms with Crippen LogP contribution in [0.3, 0.4) is 0 Å². The summed E-state index contributed by atoms with van der Waals surface area (Å²) in [5, 5.41) is 38.3. The maximum atomic E-state index is 13.8. The number of Topliss-reactive ketones (excluding diaryl/α,β-unsaturated/α-hetero) is 1. The third kappa shape index (κ3) is 3.90. The van der Waals surface area contributed by atoms with Crippen LogP contribution >= 0.6 is 11.8 Å². The van der Waals surface area contributed by atoms with Crippen LogP contribution in [0.25, 0.3) is 17.1 Å². The van der Waals surface area contributed by atoms with Gasteiger partial charge in [0.25, 0.3) is 0 Å². The molecule has 3 saturated carbocycles. The highest BCUT2D eigenvalue weighted by atomic mass is 32.2. The highest BCUT2D eigenvalue weighted by Gasteiger charge is 2.68. The lowest BCUT2D eigenvalue weighted by molar-refractivity contribution is -0.177. The number of aromatic amines is 1. The molecule has 0 saturated heterocycles. The summed E-state index contributed by atoms with van der Waals surface area (Å²) in [6.45, 7) is 4.94. The summed E-state index contributed by atoms with van der Waals surface area (Å²) < 4.78 is 1.94. The number of ketones is 1. The summed E-state index contributed by atoms with van der Waals surface area (Å²) in [6.07, 6.45) is 8.39. The predicted octanol–water partition coefficient (Wildman–Crippen LogP) is 4.92. The first-order valence-corrected chi connectivity index (χ1v) is 15.8. The predicted molar refractivity (Wildman–Crippen MR) is 157 cm³/mol. The first-order valence-electron chi connectivity index (χ1n) is 14.8. The van der Waals surface area contributed by atoms with Gasteiger partial charge >= 0.3 is 0 Å². The number of hydrogen-bond donors (Lipinski definition) is 3. The number of benzene rings is 1. The topological polar surface area (TPSA) is 128 Å². The number of aliphatic hydroxyl groups excluding tert-OH is 1. The Morgan fingerprint density at radius 2 is 2.12 bits per heavy atom. The molecule has 4 aliphatic rings. The van der Waals surface area contributed by atoms with Crippen LogP contribution < -0.4 is 0 Å². The average molecular weight is 572 g/mol. The van der Waals surface area contributed by atoms with Crippen LogP contribution in [0.4, 0.5) is 0 Å². The minimum absolute atomic E-state index is 0.0681. The van der Waals surface area contributed by atoms with Gasteiger partial charge in [-0.1, -0.05) is 43.3 Å². The van der Waals surface area contributed by atoms with E-state index in [2.05, 4.69) is 41.1 Å². The van der Waals surface area contributed by atoms with Crippen molar-refractivity contribution in [2.75, 3.05) is 5.75 Å². The van der Waals surface area contributed by atoms with Crippen molar-refractivity contribution < 1.29 is 15.0 Å². The number of nitriles is 1. The SMILES string of the molecule is CC12Cc3cnn(CCC#N)c3C=C1CCC1C2[C@@H](O)CC2(C)C1CC[C@]2(O)C(=O)CSc1nc2ccccc2[nH]1. The van der Waals surface area contributed by atoms with Crippen molar-refractivity contribution in [3.63, 3.8) is 0 Å². The Kier molecular flexibility index (Phi) is 6.27. The number of imidazole rings is 1. The second kappa shape index (κ2) is 9.55. The zero-order valence-corrected chi connectivity index (χ0v) is 24.5. The van der Waals surface area contributed by atoms with Gasteiger partial charge in [0.1, 0.15) is 5.60 Å². The van der Waals surface area contributed by atoms with E-state index < -0.39 is 17.1 Å². The van der Waals surface area contributed by atoms with E-state index in [1.165, 1.54) is 22.9 Å². The molecule has 3 aromatic rings. The fourth-order valence-electron chi connectivity index (χ4n) is 9.29. The number of carbonyl (C=O) groups excluding carboxylic acids is 1. The summed E-state index contributed by atoms with van der Waals surface area (Å²) >= 11 is 1.34. The molecule has 8 nitrogen and oxygen atoms in total. The fourth-order valence-corrected chi connectivity index (χ4v) is 10.1. The Morgan fingerprint density at radius 1 is 1.29 bits per heavy atom. The molecule has 9 heteroatoms. The van der Waals surface area contributed by atoms with Gasteiger partial charge in [0, 0.05) is 5.41 Å². The van der Waals surface area contributed by atoms with E-state index in [-0.39, 0.29) is 34.7 Å². The molecule has 41 heavy (non-hydrogen) atoms. The first-order chi connectivity index (χ1) is 19.7. The maximum Gasteiger partial charge on any atom is 0.175 e. The van der Waals surface area contributed by atoms with Gasteiger partial charge in [-0.3, -0.25) is 9.48 Å². The molecule has 0 aliphatic heterocycles. The molecule has 0 bridgehead atoms. The minimum atomic E-state index is -1.46. The number of para-hydroxylation sites is 2. The van der Waals surface area contributed by atoms with Gasteiger partial charge < -0.3 is 15.2 Å². The Hall–Kier alpha value is -2.93. The molecule has 0 radical (unpaired) electrons. The van der Waals surface area contributed by atoms with Gasteiger partial charge in [0.2, 0.25) is 0 Å². The number of thioether (sulfide) groups is 1. The normalized spacial score (nSPS) is 35.6. The van der Waals surface area contributed by atoms with E-state index in [9.17, 15) is 15.0 Å². The highest BCUT2D eigenvalue weighted by molar-refractivity contribution is 7.99. The number of hydrogen-bond acceptors (Lipinski definition) is 7. The largest absolute Gasteiger partial charge is 0.393 e. The molecular weight excluding hydrogens is 534 g/mol. The van der Waals surface area contributed by atoms with Gasteiger partial charge in [-0.15, -0.1) is 0 Å². The Balaban J connectivity index is 1.13. The van der Waals surface area contributed by atoms with Crippen LogP contribution in [0, 0.1) is 39.9 Å². The van der Waals surface area contributed by atoms with Crippen molar-refractivity contribution in [2.45, 2.75) is 82.2 Å². The highest BCUT2D eigenvalue weighted by Crippen LogP contribution is 2.67. The summed E-state index contributed by atoms with van der Waals surface area (Å²) in [5.74, 6) is 0.475. The number of rotatable bonds is 6. The molecule has 0 amide bonds. The third-order valence-corrected chi connectivity index (χ3v) is 12.1. The molecule has 214 valence electrons. The van der Waals surface area contributed by atoms with E-state index in [4.69, 9.17) is 5.26 Å². The molecule has 2 heterocycles. The molecule has 3 N–H and O–H groups in total. The number of aliphatic hydroxyl groups is 2. The van der Waals surface area contributed by atoms with E-state index in [1.54, 1.807) is 0 Å². The molecule has 7 rings (SSSR count). The summed E-state index contributed by atoms with van der Waals surface area (Å²) in [7, 11) is 0. The number of nitrogens with one attached hydrogen (secondary N) is 1. The molecule has 3 fully saturated rings. The maximum absolute atomic E-state index is 13.8. The number of nitrogens with zero attached hydrogens (tertiary/aromatic N) is 4. The molecule has 4 aliphatic carbocycles. The number of aryl methyl sites for hydroxylation is 1. The van der Waals surface area contributed by atoms with Crippen molar-refractivity contribution in [1.29, 1.82) is 5.26 Å². The number of allylic oxidation sites excluding steroid dienone is 1. The zero-order valence-electron chi connectivity index (χ0n) is 23.6. The van der Waals surface area contributed by atoms with Gasteiger partial charge in [0.15, 0.2) is 10.9 Å².